The molecule has 0 bridgehead atoms. The summed E-state index contributed by atoms with van der Waals surface area (Å²) in [5, 5.41) is 0. The van der Waals surface area contributed by atoms with Crippen LogP contribution >= 0.6 is 0 Å². The Morgan fingerprint density at radius 3 is 2.64 bits per heavy atom. The highest BCUT2D eigenvalue weighted by Crippen LogP contribution is 2.13. The standard InChI is InChI=1S/C9H12N2.C7H11N3.CH4/c1-11-6-4-8-3-2-5-10-9(8)7-11;1-9-4-5-10-3-2-8-7(10)6-9;/h2-3,5H,4,6-7H2,1H3;2-3H,4-6H2,1H3;1H4. The SMILES string of the molecule is C.CN1CCc2cccnc2C1.CN1CCn2ccnc2C1. The molecule has 4 heterocycles. The van der Waals surface area contributed by atoms with Gasteiger partial charge in [0.15, 0.2) is 0 Å². The van der Waals surface area contributed by atoms with Crippen molar-refractivity contribution < 1.29 is 0 Å². The first-order valence-electron chi connectivity index (χ1n) is 7.52. The third kappa shape index (κ3) is 3.93. The average Bonchev–Trinajstić information content (AvgIpc) is 2.95. The molecule has 0 fully saturated rings. The smallest absolute Gasteiger partial charge is 0.122 e. The van der Waals surface area contributed by atoms with Gasteiger partial charge in [-0.3, -0.25) is 9.88 Å². The minimum atomic E-state index is 0. The van der Waals surface area contributed by atoms with Gasteiger partial charge in [0.2, 0.25) is 0 Å². The van der Waals surface area contributed by atoms with Crippen molar-refractivity contribution in [3.8, 4) is 0 Å². The van der Waals surface area contributed by atoms with Gasteiger partial charge < -0.3 is 9.47 Å². The van der Waals surface area contributed by atoms with Crippen LogP contribution in [0.1, 0.15) is 24.5 Å². The predicted octanol–water partition coefficient (Wildman–Crippen LogP) is 2.03. The summed E-state index contributed by atoms with van der Waals surface area (Å²) in [5.41, 5.74) is 2.67. The molecule has 0 amide bonds. The lowest BCUT2D eigenvalue weighted by Crippen LogP contribution is -2.30. The van der Waals surface area contributed by atoms with E-state index in [2.05, 4.69) is 44.5 Å². The van der Waals surface area contributed by atoms with Crippen molar-refractivity contribution in [2.45, 2.75) is 33.5 Å². The molecule has 0 unspecified atom stereocenters. The monoisotopic (exact) mass is 301 g/mol. The molecule has 0 aromatic carbocycles. The third-order valence-corrected chi connectivity index (χ3v) is 4.10. The summed E-state index contributed by atoms with van der Waals surface area (Å²) in [6.07, 6.45) is 6.94. The van der Waals surface area contributed by atoms with Gasteiger partial charge in [-0.05, 0) is 32.1 Å². The van der Waals surface area contributed by atoms with Crippen molar-refractivity contribution in [3.63, 3.8) is 0 Å². The fourth-order valence-corrected chi connectivity index (χ4v) is 2.78. The van der Waals surface area contributed by atoms with Crippen LogP contribution in [-0.4, -0.2) is 51.5 Å². The Kier molecular flexibility index (Phi) is 5.69. The lowest BCUT2D eigenvalue weighted by molar-refractivity contribution is 0.264. The van der Waals surface area contributed by atoms with Crippen LogP contribution in [0, 0.1) is 0 Å². The van der Waals surface area contributed by atoms with E-state index in [4.69, 9.17) is 0 Å². The maximum atomic E-state index is 4.33. The van der Waals surface area contributed by atoms with Gasteiger partial charge in [0.25, 0.3) is 0 Å². The lowest BCUT2D eigenvalue weighted by Gasteiger charge is -2.23. The molecule has 22 heavy (non-hydrogen) atoms. The van der Waals surface area contributed by atoms with Gasteiger partial charge in [0.05, 0.1) is 12.2 Å². The second-order valence-electron chi connectivity index (χ2n) is 5.87. The molecule has 0 atom stereocenters. The Labute approximate surface area is 133 Å². The number of rotatable bonds is 0. The number of pyridine rings is 1. The van der Waals surface area contributed by atoms with Crippen molar-refractivity contribution in [2.75, 3.05) is 27.2 Å². The molecule has 5 heteroatoms. The number of imidazole rings is 1. The van der Waals surface area contributed by atoms with Crippen molar-refractivity contribution in [3.05, 3.63) is 47.8 Å². The number of fused-ring (bicyclic) bond motifs is 2. The second-order valence-corrected chi connectivity index (χ2v) is 5.87. The highest BCUT2D eigenvalue weighted by molar-refractivity contribution is 5.21. The summed E-state index contributed by atoms with van der Waals surface area (Å²) in [6.45, 7) is 5.40. The fourth-order valence-electron chi connectivity index (χ4n) is 2.78. The van der Waals surface area contributed by atoms with Crippen LogP contribution in [-0.2, 0) is 26.1 Å². The largest absolute Gasteiger partial charge is 0.333 e. The molecule has 0 saturated carbocycles. The summed E-state index contributed by atoms with van der Waals surface area (Å²) in [7, 11) is 4.26. The van der Waals surface area contributed by atoms with E-state index in [0.29, 0.717) is 0 Å². The summed E-state index contributed by atoms with van der Waals surface area (Å²) >= 11 is 0. The lowest BCUT2D eigenvalue weighted by atomic mass is 10.1. The summed E-state index contributed by atoms with van der Waals surface area (Å²) < 4.78 is 2.21. The first-order chi connectivity index (χ1) is 10.2. The first kappa shape index (κ1) is 16.6. The van der Waals surface area contributed by atoms with E-state index in [1.807, 2.05) is 24.7 Å². The maximum absolute atomic E-state index is 4.33. The summed E-state index contributed by atoms with van der Waals surface area (Å²) in [6, 6.07) is 4.19. The number of aromatic nitrogens is 3. The molecule has 0 N–H and O–H groups in total. The molecule has 2 aliphatic rings. The number of hydrogen-bond donors (Lipinski definition) is 0. The Morgan fingerprint density at radius 2 is 1.77 bits per heavy atom. The summed E-state index contributed by atoms with van der Waals surface area (Å²) in [5.74, 6) is 1.19. The highest BCUT2D eigenvalue weighted by atomic mass is 15.2. The fraction of sp³-hybridized carbons (Fsp3) is 0.529. The topological polar surface area (TPSA) is 37.2 Å². The molecule has 2 aliphatic heterocycles. The molecular weight excluding hydrogens is 274 g/mol. The van der Waals surface area contributed by atoms with E-state index in [9.17, 15) is 0 Å². The Balaban J connectivity index is 0.000000154. The molecule has 0 saturated heterocycles. The van der Waals surface area contributed by atoms with Crippen LogP contribution in [0.5, 0.6) is 0 Å². The van der Waals surface area contributed by atoms with Crippen molar-refractivity contribution in [1.29, 1.82) is 0 Å². The maximum Gasteiger partial charge on any atom is 0.122 e. The first-order valence-corrected chi connectivity index (χ1v) is 7.52. The molecule has 2 aromatic rings. The second kappa shape index (κ2) is 7.51. The Morgan fingerprint density at radius 1 is 0.955 bits per heavy atom. The van der Waals surface area contributed by atoms with Crippen LogP contribution in [0.2, 0.25) is 0 Å². The van der Waals surface area contributed by atoms with Gasteiger partial charge in [-0.25, -0.2) is 4.98 Å². The molecule has 4 rings (SSSR count). The minimum Gasteiger partial charge on any atom is -0.333 e. The number of likely N-dealkylation sites (N-methyl/N-ethyl adjacent to an activating group) is 2. The van der Waals surface area contributed by atoms with Crippen LogP contribution in [0.4, 0.5) is 0 Å². The third-order valence-electron chi connectivity index (χ3n) is 4.10. The zero-order valence-corrected chi connectivity index (χ0v) is 12.9. The molecule has 0 spiro atoms. The molecule has 0 radical (unpaired) electrons. The normalized spacial score (nSPS) is 17.5. The zero-order valence-electron chi connectivity index (χ0n) is 12.9. The van der Waals surface area contributed by atoms with E-state index in [1.54, 1.807) is 0 Å². The van der Waals surface area contributed by atoms with E-state index < -0.39 is 0 Å². The van der Waals surface area contributed by atoms with Gasteiger partial charge in [-0.2, -0.15) is 0 Å². The van der Waals surface area contributed by atoms with E-state index in [1.165, 1.54) is 23.6 Å². The van der Waals surface area contributed by atoms with Gasteiger partial charge >= 0.3 is 0 Å². The van der Waals surface area contributed by atoms with Crippen molar-refractivity contribution in [2.24, 2.45) is 0 Å². The highest BCUT2D eigenvalue weighted by Gasteiger charge is 2.12. The van der Waals surface area contributed by atoms with Crippen LogP contribution in [0.3, 0.4) is 0 Å². The minimum absolute atomic E-state index is 0. The molecular formula is C17H27N5. The molecule has 5 nitrogen and oxygen atoms in total. The average molecular weight is 301 g/mol. The van der Waals surface area contributed by atoms with Crippen molar-refractivity contribution >= 4 is 0 Å². The van der Waals surface area contributed by atoms with Gasteiger partial charge in [0, 0.05) is 44.8 Å². The van der Waals surface area contributed by atoms with Crippen molar-refractivity contribution in [1.82, 2.24) is 24.3 Å². The van der Waals surface area contributed by atoms with Crippen LogP contribution in [0.15, 0.2) is 30.7 Å². The molecule has 0 aliphatic carbocycles. The molecule has 120 valence electrons. The predicted molar refractivity (Wildman–Crippen MR) is 89.6 cm³/mol. The summed E-state index contributed by atoms with van der Waals surface area (Å²) in [4.78, 5) is 13.1. The Bertz CT molecular complexity index is 592. The van der Waals surface area contributed by atoms with E-state index in [0.717, 1.165) is 32.6 Å². The van der Waals surface area contributed by atoms with Gasteiger partial charge in [-0.15, -0.1) is 0 Å². The van der Waals surface area contributed by atoms with Gasteiger partial charge in [-0.1, -0.05) is 13.5 Å². The number of nitrogens with zero attached hydrogens (tertiary/aromatic N) is 5. The molecule has 2 aromatic heterocycles. The van der Waals surface area contributed by atoms with Gasteiger partial charge in [0.1, 0.15) is 5.82 Å². The Hall–Kier alpha value is -1.72. The van der Waals surface area contributed by atoms with E-state index >= 15 is 0 Å². The number of hydrogen-bond acceptors (Lipinski definition) is 4. The van der Waals surface area contributed by atoms with Crippen LogP contribution in [0.25, 0.3) is 0 Å². The zero-order chi connectivity index (χ0) is 14.7. The van der Waals surface area contributed by atoms with E-state index in [-0.39, 0.29) is 7.43 Å². The quantitative estimate of drug-likeness (QED) is 0.746. The van der Waals surface area contributed by atoms with Crippen LogP contribution < -0.4 is 0 Å².